The number of carbonyl (C=O) groups excluding carboxylic acids is 2. The molecule has 0 fully saturated rings. The number of hydrogen-bond donors (Lipinski definition) is 1. The van der Waals surface area contributed by atoms with Crippen LogP contribution >= 0.6 is 0 Å². The Kier molecular flexibility index (Phi) is 8.39. The molecule has 3 aromatic carbocycles. The van der Waals surface area contributed by atoms with E-state index in [-0.39, 0.29) is 18.2 Å². The molecule has 1 aromatic heterocycles. The number of rotatable bonds is 7. The Morgan fingerprint density at radius 3 is 2.46 bits per heavy atom. The van der Waals surface area contributed by atoms with Gasteiger partial charge in [0, 0.05) is 42.9 Å². The molecule has 0 atom stereocenters. The largest absolute Gasteiger partial charge is 0.376 e. The van der Waals surface area contributed by atoms with E-state index in [1.807, 2.05) is 78.7 Å². The molecule has 6 nitrogen and oxygen atoms in total. The maximum Gasteiger partial charge on any atom is 0.258 e. The minimum atomic E-state index is -0.0567. The lowest BCUT2D eigenvalue weighted by Gasteiger charge is -2.25. The van der Waals surface area contributed by atoms with Crippen LogP contribution in [0.4, 0.5) is 11.4 Å². The first-order valence-corrected chi connectivity index (χ1v) is 13.7. The number of ketones is 1. The molecule has 0 bridgehead atoms. The lowest BCUT2D eigenvalue weighted by Crippen LogP contribution is -2.34. The first-order chi connectivity index (χ1) is 19.9. The maximum absolute atomic E-state index is 14.0. The molecule has 41 heavy (non-hydrogen) atoms. The molecule has 4 aromatic rings. The van der Waals surface area contributed by atoms with Crippen molar-refractivity contribution in [2.75, 3.05) is 30.4 Å². The Hall–Kier alpha value is -4.97. The topological polar surface area (TPSA) is 65.5 Å². The number of pyridine rings is 1. The SMILES string of the molecule is Cc1ccccc1-c1ccc(C(=O)N2C/C(=C/C=C/C(=O)CNc3cccnc3)N(C)Cc3ccccc32)cc1C. The summed E-state index contributed by atoms with van der Waals surface area (Å²) in [6.07, 6.45) is 8.61. The monoisotopic (exact) mass is 542 g/mol. The summed E-state index contributed by atoms with van der Waals surface area (Å²) >= 11 is 0. The van der Waals surface area contributed by atoms with Crippen LogP contribution in [0.1, 0.15) is 27.0 Å². The third kappa shape index (κ3) is 6.44. The molecule has 1 aliphatic rings. The van der Waals surface area contributed by atoms with Crippen LogP contribution in [0.25, 0.3) is 11.1 Å². The molecule has 2 heterocycles. The van der Waals surface area contributed by atoms with E-state index in [1.165, 1.54) is 11.1 Å². The summed E-state index contributed by atoms with van der Waals surface area (Å²) in [5.74, 6) is -0.110. The summed E-state index contributed by atoms with van der Waals surface area (Å²) in [5, 5.41) is 3.08. The van der Waals surface area contributed by atoms with Gasteiger partial charge in [-0.2, -0.15) is 0 Å². The number of amides is 1. The molecule has 0 spiro atoms. The molecule has 0 unspecified atom stereocenters. The molecule has 206 valence electrons. The zero-order valence-electron chi connectivity index (χ0n) is 23.7. The second kappa shape index (κ2) is 12.5. The van der Waals surface area contributed by atoms with E-state index in [1.54, 1.807) is 24.5 Å². The number of likely N-dealkylation sites (N-methyl/N-ethyl adjacent to an activating group) is 1. The Bertz CT molecular complexity index is 1620. The first kappa shape index (κ1) is 27.6. The summed E-state index contributed by atoms with van der Waals surface area (Å²) in [6.45, 7) is 5.37. The summed E-state index contributed by atoms with van der Waals surface area (Å²) in [4.78, 5) is 34.5. The Morgan fingerprint density at radius 1 is 0.902 bits per heavy atom. The molecular formula is C35H34N4O2. The van der Waals surface area contributed by atoms with Crippen LogP contribution < -0.4 is 10.2 Å². The fourth-order valence-corrected chi connectivity index (χ4v) is 5.11. The van der Waals surface area contributed by atoms with Crippen molar-refractivity contribution < 1.29 is 9.59 Å². The van der Waals surface area contributed by atoms with E-state index in [4.69, 9.17) is 0 Å². The highest BCUT2D eigenvalue weighted by molar-refractivity contribution is 6.07. The van der Waals surface area contributed by atoms with Gasteiger partial charge in [-0.25, -0.2) is 0 Å². The lowest BCUT2D eigenvalue weighted by atomic mass is 9.95. The average Bonchev–Trinajstić information content (AvgIpc) is 3.12. The lowest BCUT2D eigenvalue weighted by molar-refractivity contribution is -0.113. The molecule has 0 radical (unpaired) electrons. The minimum Gasteiger partial charge on any atom is -0.376 e. The van der Waals surface area contributed by atoms with Gasteiger partial charge in [-0.1, -0.05) is 54.6 Å². The van der Waals surface area contributed by atoms with Gasteiger partial charge in [-0.15, -0.1) is 0 Å². The van der Waals surface area contributed by atoms with Crippen molar-refractivity contribution in [1.82, 2.24) is 9.88 Å². The van der Waals surface area contributed by atoms with Crippen molar-refractivity contribution in [1.29, 1.82) is 0 Å². The number of nitrogens with one attached hydrogen (secondary N) is 1. The standard InChI is InChI=1S/C35H34N4O2/c1-25-10-4-6-15-32(25)33-18-17-27(20-26(33)2)35(41)39-24-30(38(3)23-28-11-5-7-16-34(28)39)13-8-14-31(40)22-37-29-12-9-19-36-21-29/h4-21,37H,22-24H2,1-3H3/b14-8+,30-13-. The van der Waals surface area contributed by atoms with Gasteiger partial charge in [-0.05, 0) is 84.1 Å². The highest BCUT2D eigenvalue weighted by Gasteiger charge is 2.26. The molecular weight excluding hydrogens is 508 g/mol. The highest BCUT2D eigenvalue weighted by Crippen LogP contribution is 2.31. The van der Waals surface area contributed by atoms with E-state index in [2.05, 4.69) is 47.2 Å². The molecule has 1 N–H and O–H groups in total. The highest BCUT2D eigenvalue weighted by atomic mass is 16.2. The van der Waals surface area contributed by atoms with Crippen LogP contribution in [0.3, 0.4) is 0 Å². The van der Waals surface area contributed by atoms with Crippen LogP contribution in [0, 0.1) is 13.8 Å². The number of para-hydroxylation sites is 1. The summed E-state index contributed by atoms with van der Waals surface area (Å²) in [7, 11) is 2.01. The number of aryl methyl sites for hydroxylation is 2. The number of aromatic nitrogens is 1. The molecule has 0 aliphatic carbocycles. The smallest absolute Gasteiger partial charge is 0.258 e. The maximum atomic E-state index is 14.0. The van der Waals surface area contributed by atoms with Gasteiger partial charge >= 0.3 is 0 Å². The van der Waals surface area contributed by atoms with Crippen LogP contribution in [0.15, 0.2) is 115 Å². The van der Waals surface area contributed by atoms with Gasteiger partial charge in [0.2, 0.25) is 0 Å². The number of allylic oxidation sites excluding steroid dienone is 2. The van der Waals surface area contributed by atoms with Crippen molar-refractivity contribution in [2.45, 2.75) is 20.4 Å². The average molecular weight is 543 g/mol. The molecule has 6 heteroatoms. The number of benzene rings is 3. The van der Waals surface area contributed by atoms with Crippen LogP contribution in [-0.4, -0.2) is 41.7 Å². The number of hydrogen-bond acceptors (Lipinski definition) is 5. The molecule has 1 amide bonds. The zero-order chi connectivity index (χ0) is 28.8. The summed E-state index contributed by atoms with van der Waals surface area (Å²) in [6, 6.07) is 26.0. The Morgan fingerprint density at radius 2 is 1.68 bits per heavy atom. The van der Waals surface area contributed by atoms with Gasteiger partial charge in [0.15, 0.2) is 5.78 Å². The van der Waals surface area contributed by atoms with Gasteiger partial charge in [-0.3, -0.25) is 14.6 Å². The predicted molar refractivity (Wildman–Crippen MR) is 166 cm³/mol. The van der Waals surface area contributed by atoms with Gasteiger partial charge in [0.1, 0.15) is 0 Å². The second-order valence-electron chi connectivity index (χ2n) is 10.3. The Labute approximate surface area is 241 Å². The number of anilines is 2. The number of fused-ring (bicyclic) bond motifs is 1. The predicted octanol–water partition coefficient (Wildman–Crippen LogP) is 6.58. The zero-order valence-corrected chi connectivity index (χ0v) is 23.7. The van der Waals surface area contributed by atoms with Crippen molar-refractivity contribution in [3.05, 3.63) is 137 Å². The van der Waals surface area contributed by atoms with Crippen molar-refractivity contribution in [3.8, 4) is 11.1 Å². The fourth-order valence-electron chi connectivity index (χ4n) is 5.11. The normalized spacial score (nSPS) is 14.2. The van der Waals surface area contributed by atoms with Crippen LogP contribution in [-0.2, 0) is 11.3 Å². The Balaban J connectivity index is 1.38. The molecule has 0 saturated carbocycles. The minimum absolute atomic E-state index is 0.0533. The fraction of sp³-hybridized carbons (Fsp3) is 0.171. The number of carbonyl (C=O) groups is 2. The van der Waals surface area contributed by atoms with Crippen LogP contribution in [0.2, 0.25) is 0 Å². The van der Waals surface area contributed by atoms with Crippen molar-refractivity contribution in [3.63, 3.8) is 0 Å². The van der Waals surface area contributed by atoms with Gasteiger partial charge in [0.25, 0.3) is 5.91 Å². The second-order valence-corrected chi connectivity index (χ2v) is 10.3. The van der Waals surface area contributed by atoms with E-state index in [0.29, 0.717) is 18.7 Å². The van der Waals surface area contributed by atoms with Crippen molar-refractivity contribution in [2.24, 2.45) is 0 Å². The van der Waals surface area contributed by atoms with Gasteiger partial charge in [0.05, 0.1) is 18.8 Å². The van der Waals surface area contributed by atoms with E-state index in [0.717, 1.165) is 33.8 Å². The number of nitrogens with zero attached hydrogens (tertiary/aromatic N) is 3. The van der Waals surface area contributed by atoms with Gasteiger partial charge < -0.3 is 15.1 Å². The first-order valence-electron chi connectivity index (χ1n) is 13.7. The third-order valence-corrected chi connectivity index (χ3v) is 7.35. The van der Waals surface area contributed by atoms with E-state index >= 15 is 0 Å². The summed E-state index contributed by atoms with van der Waals surface area (Å²) < 4.78 is 0. The molecule has 5 rings (SSSR count). The quantitative estimate of drug-likeness (QED) is 0.267. The van der Waals surface area contributed by atoms with Crippen LogP contribution in [0.5, 0.6) is 0 Å². The van der Waals surface area contributed by atoms with E-state index in [9.17, 15) is 9.59 Å². The molecule has 0 saturated heterocycles. The third-order valence-electron chi connectivity index (χ3n) is 7.35. The van der Waals surface area contributed by atoms with E-state index < -0.39 is 0 Å². The van der Waals surface area contributed by atoms with Crippen molar-refractivity contribution >= 4 is 23.1 Å². The molecule has 1 aliphatic heterocycles. The summed E-state index contributed by atoms with van der Waals surface area (Å²) in [5.41, 5.74) is 8.91.